The number of benzene rings is 4. The second kappa shape index (κ2) is 37.0. The van der Waals surface area contributed by atoms with Crippen molar-refractivity contribution in [3.8, 4) is 23.0 Å². The number of anilines is 4. The Morgan fingerprint density at radius 3 is 1.99 bits per heavy atom. The third-order valence-electron chi connectivity index (χ3n) is 19.4. The van der Waals surface area contributed by atoms with Crippen LogP contribution in [0.25, 0.3) is 0 Å². The van der Waals surface area contributed by atoms with Crippen molar-refractivity contribution in [2.45, 2.75) is 146 Å². The average molecular weight is 1480 g/mol. The smallest absolute Gasteiger partial charge is 0.416 e. The van der Waals surface area contributed by atoms with Crippen molar-refractivity contribution in [2.24, 2.45) is 17.1 Å². The molecule has 10 rings (SSSR count). The largest absolute Gasteiger partial charge is 0.493 e. The van der Waals surface area contributed by atoms with Gasteiger partial charge < -0.3 is 120 Å². The maximum Gasteiger partial charge on any atom is 0.416 e. The molecule has 0 aromatic heterocycles. The lowest BCUT2D eigenvalue weighted by Gasteiger charge is -2.39. The minimum Gasteiger partial charge on any atom is -0.493 e. The van der Waals surface area contributed by atoms with E-state index in [0.29, 0.717) is 88.1 Å². The Bertz CT molecular complexity index is 3770. The molecule has 12 N–H and O–H groups in total. The lowest BCUT2D eigenvalue weighted by Crippen LogP contribution is -2.61. The molecule has 7 amide bonds. The molecular weight excluding hydrogens is 1390 g/mol. The molecule has 106 heavy (non-hydrogen) atoms. The molecule has 5 aliphatic heterocycles. The van der Waals surface area contributed by atoms with Crippen LogP contribution in [0.2, 0.25) is 0 Å². The number of carboxylic acid groups (broad SMARTS) is 1. The number of hydrogen-bond donors (Lipinski definition) is 11. The van der Waals surface area contributed by atoms with Gasteiger partial charge in [-0.05, 0) is 91.7 Å². The van der Waals surface area contributed by atoms with Crippen molar-refractivity contribution in [2.75, 3.05) is 127 Å². The summed E-state index contributed by atoms with van der Waals surface area (Å²) in [5.74, 6) is -4.59. The maximum atomic E-state index is 15.1. The summed E-state index contributed by atoms with van der Waals surface area (Å²) in [6, 6.07) is 14.2. The first-order valence-corrected chi connectivity index (χ1v) is 35.6. The van der Waals surface area contributed by atoms with E-state index in [4.69, 9.17) is 57.8 Å². The van der Waals surface area contributed by atoms with Gasteiger partial charge in [0.25, 0.3) is 11.8 Å². The summed E-state index contributed by atoms with van der Waals surface area (Å²) in [6.45, 7) is 7.30. The molecule has 3 fully saturated rings. The summed E-state index contributed by atoms with van der Waals surface area (Å²) in [5.41, 5.74) is 8.60. The van der Waals surface area contributed by atoms with Crippen molar-refractivity contribution in [1.82, 2.24) is 20.4 Å². The first-order valence-electron chi connectivity index (χ1n) is 35.6. The number of hydrogen-bond acceptors (Lipinski definition) is 25. The fourth-order valence-electron chi connectivity index (χ4n) is 13.4. The standard InChI is InChI=1S/C73H97N9O24/c1-41(2)60(76-42(3)83)66(89)79-52(39-104-71-63(87)61(85)62(86)64(106-71)70(93)94)65(88)77-46-14-13-45(50(30-46)78-59(84)15-21-98-23-25-100-27-28-101-26-24-99-22-18-74)38-105-72(95)82-53-34-58(56(97-5)32-49(53)68(91)80-37-44-12-8-7-11-43(44)29-54(80)69(82)92)103-20-10-6-9-19-102-57-33-51-48(31-55(57)96-4)67(90)81-40-73(16-17-73)35-47(81)36-75-51/h7-8,11-14,30-34,41,47,52,54,60-64,69,71,75,85-87,92H,6,9-10,15-29,35-40,74H2,1-5H3,(H,76,83)(H,77,88)(H,78,84)(H,79,89)(H,93,94)/t47-,52-,54-,60-,61-,62-,63+,64-,69-,71+/m0/s1. The average Bonchev–Trinajstić information content (AvgIpc) is 1.59. The predicted molar refractivity (Wildman–Crippen MR) is 378 cm³/mol. The van der Waals surface area contributed by atoms with Crippen LogP contribution in [0, 0.1) is 11.3 Å². The molecule has 0 unspecified atom stereocenters. The topological polar surface area (TPSA) is 435 Å². The molecule has 6 aliphatic rings. The van der Waals surface area contributed by atoms with Gasteiger partial charge in [-0.1, -0.05) is 44.2 Å². The van der Waals surface area contributed by atoms with Crippen LogP contribution >= 0.6 is 0 Å². The summed E-state index contributed by atoms with van der Waals surface area (Å²) in [7, 11) is 2.94. The number of aliphatic hydroxyl groups is 4. The van der Waals surface area contributed by atoms with Crippen LogP contribution in [-0.2, 0) is 76.7 Å². The lowest BCUT2D eigenvalue weighted by molar-refractivity contribution is -0.294. The minimum absolute atomic E-state index is 0.0133. The Morgan fingerprint density at radius 1 is 0.708 bits per heavy atom. The van der Waals surface area contributed by atoms with Gasteiger partial charge in [-0.2, -0.15) is 0 Å². The number of carbonyl (C=O) groups is 8. The first-order chi connectivity index (χ1) is 51.0. The van der Waals surface area contributed by atoms with Gasteiger partial charge in [0.1, 0.15) is 37.0 Å². The zero-order valence-corrected chi connectivity index (χ0v) is 60.1. The van der Waals surface area contributed by atoms with Gasteiger partial charge >= 0.3 is 12.1 Å². The second-order valence-electron chi connectivity index (χ2n) is 27.3. The number of nitrogens with two attached hydrogens (primary N) is 1. The van der Waals surface area contributed by atoms with Crippen LogP contribution in [0.1, 0.15) is 103 Å². The molecule has 4 aromatic carbocycles. The van der Waals surface area contributed by atoms with Crippen LogP contribution in [0.15, 0.2) is 66.7 Å². The van der Waals surface area contributed by atoms with E-state index in [1.807, 2.05) is 35.2 Å². The number of methoxy groups -OCH3 is 2. The molecule has 33 nitrogen and oxygen atoms in total. The van der Waals surface area contributed by atoms with Crippen molar-refractivity contribution >= 4 is 70.3 Å². The maximum absolute atomic E-state index is 15.1. The molecule has 1 spiro atoms. The number of ether oxygens (including phenoxy) is 11. The van der Waals surface area contributed by atoms with Gasteiger partial charge in [0, 0.05) is 68.2 Å². The van der Waals surface area contributed by atoms with Crippen LogP contribution in [0.3, 0.4) is 0 Å². The zero-order valence-electron chi connectivity index (χ0n) is 60.1. The molecular formula is C73H97N9O24. The van der Waals surface area contributed by atoms with Gasteiger partial charge in [-0.15, -0.1) is 0 Å². The third kappa shape index (κ3) is 19.8. The Kier molecular flexibility index (Phi) is 27.8. The van der Waals surface area contributed by atoms with Gasteiger partial charge in [0.15, 0.2) is 41.6 Å². The highest BCUT2D eigenvalue weighted by Crippen LogP contribution is 2.56. The summed E-state index contributed by atoms with van der Waals surface area (Å²) in [5, 5.41) is 67.8. The summed E-state index contributed by atoms with van der Waals surface area (Å²) < 4.78 is 63.1. The predicted octanol–water partition coefficient (Wildman–Crippen LogP) is 2.64. The summed E-state index contributed by atoms with van der Waals surface area (Å²) in [4.78, 5) is 115. The summed E-state index contributed by atoms with van der Waals surface area (Å²) in [6.07, 6.45) is -8.11. The molecule has 1 aliphatic carbocycles. The number of nitrogens with one attached hydrogen (secondary N) is 5. The zero-order chi connectivity index (χ0) is 75.8. The number of nitrogens with zero attached hydrogens (tertiary/aromatic N) is 3. The monoisotopic (exact) mass is 1480 g/mol. The van der Waals surface area contributed by atoms with E-state index in [9.17, 15) is 59.1 Å². The second-order valence-corrected chi connectivity index (χ2v) is 27.3. The Morgan fingerprint density at radius 2 is 1.35 bits per heavy atom. The molecule has 10 atom stereocenters. The van der Waals surface area contributed by atoms with E-state index < -0.39 is 116 Å². The minimum atomic E-state index is -2.08. The van der Waals surface area contributed by atoms with E-state index in [0.717, 1.165) is 41.8 Å². The van der Waals surface area contributed by atoms with Crippen LogP contribution in [0.5, 0.6) is 23.0 Å². The van der Waals surface area contributed by atoms with E-state index >= 15 is 4.79 Å². The fourth-order valence-corrected chi connectivity index (χ4v) is 13.4. The highest BCUT2D eigenvalue weighted by molar-refractivity contribution is 6.06. The number of carbonyl (C=O) groups excluding carboxylic acids is 7. The molecule has 1 saturated carbocycles. The van der Waals surface area contributed by atoms with E-state index in [-0.39, 0.29) is 109 Å². The third-order valence-corrected chi connectivity index (χ3v) is 19.4. The Balaban J connectivity index is 0.855. The van der Waals surface area contributed by atoms with Crippen molar-refractivity contribution < 1.29 is 116 Å². The highest BCUT2D eigenvalue weighted by atomic mass is 16.7. The quantitative estimate of drug-likeness (QED) is 0.0289. The number of aliphatic carboxylic acids is 1. The lowest BCUT2D eigenvalue weighted by atomic mass is 9.93. The van der Waals surface area contributed by atoms with Gasteiger partial charge in [0.05, 0.1) is 122 Å². The SMILES string of the molecule is COc1cc2c(cc1OCCCCCOc1cc3c(cc1OC)C(=O)N1Cc4ccccc4C[C@H]1[C@H](O)N3C(=O)OCc1ccc(NC(=O)[C@H](CO[C@@H]3O[C@H](C(=O)O)[C@@H](O)[C@H](O)[C@H]3O)NC(=O)[C@@H](NC(C)=O)C(C)C)cc1NC(=O)CCOCCOCCOCCOCCN)NC[C@@H]1CC3(CC3)CN1C2=O. The van der Waals surface area contributed by atoms with E-state index in [2.05, 4.69) is 26.6 Å². The van der Waals surface area contributed by atoms with E-state index in [1.165, 1.54) is 56.4 Å². The molecule has 578 valence electrons. The number of carboxylic acids is 1. The summed E-state index contributed by atoms with van der Waals surface area (Å²) >= 11 is 0. The molecule has 4 aromatic rings. The number of aliphatic hydroxyl groups excluding tert-OH is 4. The van der Waals surface area contributed by atoms with Gasteiger partial charge in [0.2, 0.25) is 23.6 Å². The fraction of sp³-hybridized carbons (Fsp3) is 0.562. The van der Waals surface area contributed by atoms with Crippen molar-refractivity contribution in [1.29, 1.82) is 0 Å². The molecule has 2 saturated heterocycles. The number of rotatable bonds is 37. The van der Waals surface area contributed by atoms with Crippen LogP contribution in [0.4, 0.5) is 27.5 Å². The van der Waals surface area contributed by atoms with E-state index in [1.54, 1.807) is 19.9 Å². The normalized spacial score (nSPS) is 21.7. The van der Waals surface area contributed by atoms with Crippen molar-refractivity contribution in [3.63, 3.8) is 0 Å². The molecule has 0 bridgehead atoms. The van der Waals surface area contributed by atoms with Gasteiger partial charge in [-0.25, -0.2) is 14.5 Å². The first kappa shape index (κ1) is 79.6. The Labute approximate surface area is 612 Å². The van der Waals surface area contributed by atoms with Crippen LogP contribution < -0.4 is 56.2 Å². The number of unbranched alkanes of at least 4 members (excludes halogenated alkanes) is 2. The number of fused-ring (bicyclic) bond motifs is 5. The highest BCUT2D eigenvalue weighted by Gasteiger charge is 2.54. The van der Waals surface area contributed by atoms with Crippen molar-refractivity contribution in [3.05, 3.63) is 94.5 Å². The number of amides is 7. The molecule has 0 radical (unpaired) electrons. The van der Waals surface area contributed by atoms with Gasteiger partial charge in [-0.3, -0.25) is 28.8 Å². The van der Waals surface area contributed by atoms with Crippen LogP contribution in [-0.4, -0.2) is 250 Å². The molecule has 33 heteroatoms. The Hall–Kier alpha value is -9.00. The molecule has 5 heterocycles.